The van der Waals surface area contributed by atoms with Crippen LogP contribution in [0.4, 0.5) is 0 Å². The second-order valence-electron chi connectivity index (χ2n) is 12.4. The minimum atomic E-state index is 1.23. The first-order chi connectivity index (χ1) is 22.8. The van der Waals surface area contributed by atoms with E-state index in [0.717, 1.165) is 0 Å². The normalized spacial score (nSPS) is 11.9. The van der Waals surface area contributed by atoms with Gasteiger partial charge in [-0.15, -0.1) is 0 Å². The summed E-state index contributed by atoms with van der Waals surface area (Å²) in [4.78, 5) is 0. The smallest absolute Gasteiger partial charge is 0.00199 e. The molecule has 0 saturated heterocycles. The van der Waals surface area contributed by atoms with E-state index < -0.39 is 0 Å². The molecule has 0 saturated carbocycles. The molecule has 46 heavy (non-hydrogen) atoms. The van der Waals surface area contributed by atoms with Crippen molar-refractivity contribution in [2.45, 2.75) is 0 Å². The lowest BCUT2D eigenvalue weighted by Gasteiger charge is -2.21. The highest BCUT2D eigenvalue weighted by molar-refractivity contribution is 6.27. The van der Waals surface area contributed by atoms with Crippen LogP contribution in [-0.2, 0) is 0 Å². The van der Waals surface area contributed by atoms with Crippen molar-refractivity contribution in [1.82, 2.24) is 0 Å². The van der Waals surface area contributed by atoms with E-state index in [-0.39, 0.29) is 0 Å². The van der Waals surface area contributed by atoms with Gasteiger partial charge < -0.3 is 0 Å². The van der Waals surface area contributed by atoms with Gasteiger partial charge in [-0.1, -0.05) is 164 Å². The Morgan fingerprint density at radius 1 is 0.239 bits per heavy atom. The largest absolute Gasteiger partial charge is 0.0622 e. The van der Waals surface area contributed by atoms with Crippen molar-refractivity contribution in [3.63, 3.8) is 0 Å². The summed E-state index contributed by atoms with van der Waals surface area (Å²) in [5, 5.41) is 10.3. The van der Waals surface area contributed by atoms with Gasteiger partial charge in [0.2, 0.25) is 0 Å². The number of rotatable bonds is 3. The Morgan fingerprint density at radius 2 is 0.739 bits per heavy atom. The molecule has 0 amide bonds. The fraction of sp³-hybridized carbons (Fsp3) is 0. The highest BCUT2D eigenvalue weighted by atomic mass is 14.3. The molecule has 0 aliphatic heterocycles. The van der Waals surface area contributed by atoms with Crippen molar-refractivity contribution >= 4 is 43.1 Å². The third-order valence-corrected chi connectivity index (χ3v) is 10.0. The van der Waals surface area contributed by atoms with Crippen molar-refractivity contribution < 1.29 is 0 Å². The van der Waals surface area contributed by atoms with Crippen molar-refractivity contribution in [3.8, 4) is 55.6 Å². The maximum absolute atomic E-state index is 2.43. The van der Waals surface area contributed by atoms with Crippen molar-refractivity contribution in [3.05, 3.63) is 170 Å². The highest BCUT2D eigenvalue weighted by Gasteiger charge is 2.25. The van der Waals surface area contributed by atoms with E-state index in [9.17, 15) is 0 Å². The third-order valence-electron chi connectivity index (χ3n) is 10.0. The first kappa shape index (κ1) is 25.4. The lowest BCUT2D eigenvalue weighted by atomic mass is 9.82. The Hall–Kier alpha value is -5.98. The molecule has 10 rings (SSSR count). The molecule has 1 aliphatic carbocycles. The van der Waals surface area contributed by atoms with Crippen molar-refractivity contribution in [2.24, 2.45) is 0 Å². The van der Waals surface area contributed by atoms with Gasteiger partial charge in [0.05, 0.1) is 0 Å². The lowest BCUT2D eigenvalue weighted by Crippen LogP contribution is -1.93. The highest BCUT2D eigenvalue weighted by Crippen LogP contribution is 2.52. The summed E-state index contributed by atoms with van der Waals surface area (Å²) in [6.45, 7) is 0. The van der Waals surface area contributed by atoms with Crippen LogP contribution in [-0.4, -0.2) is 0 Å². The Labute approximate surface area is 267 Å². The van der Waals surface area contributed by atoms with E-state index in [1.54, 1.807) is 0 Å². The van der Waals surface area contributed by atoms with Gasteiger partial charge in [0.1, 0.15) is 0 Å². The fourth-order valence-corrected chi connectivity index (χ4v) is 8.04. The van der Waals surface area contributed by atoms with Gasteiger partial charge in [-0.2, -0.15) is 0 Å². The molecular formula is C46H28. The summed E-state index contributed by atoms with van der Waals surface area (Å²) in [6.07, 6.45) is 0. The SMILES string of the molecule is c1ccc(-c2ccc3c(-c4cccc5ccccc45)c4ccccc4c(-c4ccc5c6c(cccc46)-c4ccccc4-5)c3c2)cc1. The molecule has 9 aromatic rings. The van der Waals surface area contributed by atoms with E-state index >= 15 is 0 Å². The van der Waals surface area contributed by atoms with E-state index in [4.69, 9.17) is 0 Å². The molecule has 0 atom stereocenters. The molecule has 0 heteroatoms. The van der Waals surface area contributed by atoms with Gasteiger partial charge in [-0.05, 0) is 105 Å². The first-order valence-electron chi connectivity index (χ1n) is 16.0. The van der Waals surface area contributed by atoms with Gasteiger partial charge in [0.25, 0.3) is 0 Å². The lowest BCUT2D eigenvalue weighted by molar-refractivity contribution is 1.64. The van der Waals surface area contributed by atoms with Gasteiger partial charge in [-0.25, -0.2) is 0 Å². The molecule has 212 valence electrons. The van der Waals surface area contributed by atoms with Gasteiger partial charge in [0, 0.05) is 0 Å². The summed E-state index contributed by atoms with van der Waals surface area (Å²) in [6, 6.07) is 62.8. The number of hydrogen-bond acceptors (Lipinski definition) is 0. The molecule has 0 heterocycles. The second kappa shape index (κ2) is 9.76. The molecule has 0 fully saturated rings. The molecule has 9 aromatic carbocycles. The average Bonchev–Trinajstić information content (AvgIpc) is 3.46. The van der Waals surface area contributed by atoms with Crippen LogP contribution in [0.3, 0.4) is 0 Å². The zero-order valence-corrected chi connectivity index (χ0v) is 25.2. The second-order valence-corrected chi connectivity index (χ2v) is 12.4. The first-order valence-corrected chi connectivity index (χ1v) is 16.0. The zero-order valence-electron chi connectivity index (χ0n) is 25.2. The standard InChI is InChI=1S/C46H28/c1-2-12-29(13-3-1)31-24-25-42-43(28-31)46(41-27-26-40-34-18-7-6-17-33(34)36-22-11-23-39(41)45(36)40)38-20-9-8-19-37(38)44(42)35-21-10-15-30-14-4-5-16-32(30)35/h1-28H. The van der Waals surface area contributed by atoms with Crippen LogP contribution >= 0.6 is 0 Å². The summed E-state index contributed by atoms with van der Waals surface area (Å²) in [5.74, 6) is 0. The van der Waals surface area contributed by atoms with Gasteiger partial charge in [0.15, 0.2) is 0 Å². The Bertz CT molecular complexity index is 2640. The topological polar surface area (TPSA) is 0 Å². The summed E-state index contributed by atoms with van der Waals surface area (Å²) in [7, 11) is 0. The Morgan fingerprint density at radius 3 is 1.54 bits per heavy atom. The molecule has 0 spiro atoms. The Balaban J connectivity index is 1.38. The number of fused-ring (bicyclic) bond motifs is 6. The van der Waals surface area contributed by atoms with E-state index in [1.807, 2.05) is 0 Å². The Kier molecular flexibility index (Phi) is 5.38. The maximum atomic E-state index is 2.43. The summed E-state index contributed by atoms with van der Waals surface area (Å²) >= 11 is 0. The number of benzene rings is 9. The van der Waals surface area contributed by atoms with Gasteiger partial charge in [-0.3, -0.25) is 0 Å². The molecule has 0 radical (unpaired) electrons. The molecular weight excluding hydrogens is 553 g/mol. The van der Waals surface area contributed by atoms with Crippen LogP contribution in [0.25, 0.3) is 98.7 Å². The molecule has 0 nitrogen and oxygen atoms in total. The molecule has 0 aromatic heterocycles. The van der Waals surface area contributed by atoms with Gasteiger partial charge >= 0.3 is 0 Å². The van der Waals surface area contributed by atoms with E-state index in [1.165, 1.54) is 98.7 Å². The van der Waals surface area contributed by atoms with Crippen LogP contribution < -0.4 is 0 Å². The quantitative estimate of drug-likeness (QED) is 0.182. The maximum Gasteiger partial charge on any atom is -0.00199 e. The average molecular weight is 581 g/mol. The predicted octanol–water partition coefficient (Wildman–Crippen LogP) is 12.9. The summed E-state index contributed by atoms with van der Waals surface area (Å²) in [5.41, 5.74) is 12.9. The van der Waals surface area contributed by atoms with E-state index in [2.05, 4.69) is 170 Å². The van der Waals surface area contributed by atoms with Crippen LogP contribution in [0.2, 0.25) is 0 Å². The monoisotopic (exact) mass is 580 g/mol. The van der Waals surface area contributed by atoms with Crippen LogP contribution in [0, 0.1) is 0 Å². The van der Waals surface area contributed by atoms with Crippen LogP contribution in [0.1, 0.15) is 0 Å². The third kappa shape index (κ3) is 3.56. The predicted molar refractivity (Wildman–Crippen MR) is 197 cm³/mol. The molecule has 1 aliphatic rings. The fourth-order valence-electron chi connectivity index (χ4n) is 8.04. The van der Waals surface area contributed by atoms with Crippen LogP contribution in [0.15, 0.2) is 170 Å². The minimum Gasteiger partial charge on any atom is -0.0622 e. The summed E-state index contributed by atoms with van der Waals surface area (Å²) < 4.78 is 0. The molecule has 0 bridgehead atoms. The number of hydrogen-bond donors (Lipinski definition) is 0. The molecule has 0 N–H and O–H groups in total. The van der Waals surface area contributed by atoms with Crippen LogP contribution in [0.5, 0.6) is 0 Å². The van der Waals surface area contributed by atoms with E-state index in [0.29, 0.717) is 0 Å². The zero-order chi connectivity index (χ0) is 30.2. The molecule has 0 unspecified atom stereocenters. The van der Waals surface area contributed by atoms with Crippen molar-refractivity contribution in [2.75, 3.05) is 0 Å². The minimum absolute atomic E-state index is 1.23. The van der Waals surface area contributed by atoms with Crippen molar-refractivity contribution in [1.29, 1.82) is 0 Å².